The highest BCUT2D eigenvalue weighted by molar-refractivity contribution is 5.84. The maximum Gasteiger partial charge on any atom is 0.242 e. The van der Waals surface area contributed by atoms with Crippen molar-refractivity contribution in [1.82, 2.24) is 9.80 Å². The molecule has 1 fully saturated rings. The van der Waals surface area contributed by atoms with Crippen molar-refractivity contribution >= 4 is 11.8 Å². The molecule has 5 nitrogen and oxygen atoms in total. The number of piperidine rings is 1. The maximum absolute atomic E-state index is 12.7. The van der Waals surface area contributed by atoms with Crippen molar-refractivity contribution < 1.29 is 14.3 Å². The lowest BCUT2D eigenvalue weighted by Crippen LogP contribution is -2.49. The summed E-state index contributed by atoms with van der Waals surface area (Å²) < 4.78 is 5.24. The van der Waals surface area contributed by atoms with Crippen LogP contribution in [-0.4, -0.2) is 54.4 Å². The fraction of sp³-hybridized carbons (Fsp3) is 0.600. The third-order valence-corrected chi connectivity index (χ3v) is 4.99. The van der Waals surface area contributed by atoms with E-state index in [0.717, 1.165) is 37.1 Å². The zero-order valence-corrected chi connectivity index (χ0v) is 15.7. The van der Waals surface area contributed by atoms with E-state index in [4.69, 9.17) is 4.74 Å². The van der Waals surface area contributed by atoms with E-state index in [9.17, 15) is 9.59 Å². The highest BCUT2D eigenvalue weighted by atomic mass is 16.5. The summed E-state index contributed by atoms with van der Waals surface area (Å²) in [5.74, 6) is 0.829. The summed E-state index contributed by atoms with van der Waals surface area (Å²) in [4.78, 5) is 28.3. The van der Waals surface area contributed by atoms with Crippen molar-refractivity contribution in [2.24, 2.45) is 0 Å². The van der Waals surface area contributed by atoms with Crippen LogP contribution in [0.5, 0.6) is 5.75 Å². The molecule has 1 aliphatic heterocycles. The summed E-state index contributed by atoms with van der Waals surface area (Å²) in [5.41, 5.74) is 1.10. The van der Waals surface area contributed by atoms with Crippen molar-refractivity contribution in [2.75, 3.05) is 26.7 Å². The average molecular weight is 346 g/mol. The Balaban J connectivity index is 1.95. The van der Waals surface area contributed by atoms with Crippen LogP contribution in [0.15, 0.2) is 24.3 Å². The maximum atomic E-state index is 12.7. The molecule has 0 spiro atoms. The van der Waals surface area contributed by atoms with Gasteiger partial charge in [-0.05, 0) is 49.8 Å². The minimum absolute atomic E-state index is 0.0543. The van der Waals surface area contributed by atoms with Gasteiger partial charge in [-0.2, -0.15) is 0 Å². The molecule has 0 radical (unpaired) electrons. The number of hydrogen-bond acceptors (Lipinski definition) is 3. The predicted molar refractivity (Wildman–Crippen MR) is 98.6 cm³/mol. The molecule has 0 bridgehead atoms. The topological polar surface area (TPSA) is 49.9 Å². The summed E-state index contributed by atoms with van der Waals surface area (Å²) in [5, 5.41) is 0. The van der Waals surface area contributed by atoms with Gasteiger partial charge in [-0.25, -0.2) is 0 Å². The molecule has 1 saturated heterocycles. The molecule has 138 valence electrons. The third-order valence-electron chi connectivity index (χ3n) is 4.99. The van der Waals surface area contributed by atoms with Gasteiger partial charge in [0.05, 0.1) is 13.7 Å². The highest BCUT2D eigenvalue weighted by Gasteiger charge is 2.27. The minimum atomic E-state index is -0.0543. The van der Waals surface area contributed by atoms with Crippen LogP contribution >= 0.6 is 0 Å². The second-order valence-electron chi connectivity index (χ2n) is 6.69. The lowest BCUT2D eigenvalue weighted by atomic mass is 10.00. The first kappa shape index (κ1) is 19.3. The SMILES string of the molecule is CCC1CCCCN1C(=O)CN(CCc1cccc(OC)c1)C(C)=O. The standard InChI is InChI=1S/C20H30N2O3/c1-4-18-9-5-6-12-22(18)20(24)15-21(16(2)23)13-11-17-8-7-10-19(14-17)25-3/h7-8,10,14,18H,4-6,9,11-13,15H2,1-3H3. The Bertz CT molecular complexity index is 588. The Hall–Kier alpha value is -2.04. The molecule has 1 atom stereocenters. The molecule has 1 aromatic rings. The van der Waals surface area contributed by atoms with Crippen molar-refractivity contribution in [2.45, 2.75) is 52.0 Å². The van der Waals surface area contributed by atoms with E-state index >= 15 is 0 Å². The van der Waals surface area contributed by atoms with E-state index in [0.29, 0.717) is 19.0 Å². The van der Waals surface area contributed by atoms with Crippen LogP contribution in [-0.2, 0) is 16.0 Å². The Morgan fingerprint density at radius 2 is 2.12 bits per heavy atom. The van der Waals surface area contributed by atoms with Gasteiger partial charge in [0, 0.05) is 26.1 Å². The van der Waals surface area contributed by atoms with Crippen molar-refractivity contribution in [3.63, 3.8) is 0 Å². The van der Waals surface area contributed by atoms with Crippen LogP contribution in [0.3, 0.4) is 0 Å². The third kappa shape index (κ3) is 5.48. The Morgan fingerprint density at radius 1 is 1.32 bits per heavy atom. The molecule has 25 heavy (non-hydrogen) atoms. The fourth-order valence-electron chi connectivity index (χ4n) is 3.45. The number of benzene rings is 1. The van der Waals surface area contributed by atoms with Gasteiger partial charge in [-0.3, -0.25) is 9.59 Å². The van der Waals surface area contributed by atoms with Gasteiger partial charge >= 0.3 is 0 Å². The molecule has 0 saturated carbocycles. The average Bonchev–Trinajstić information content (AvgIpc) is 2.64. The molecule has 0 aliphatic carbocycles. The number of ether oxygens (including phenoxy) is 1. The minimum Gasteiger partial charge on any atom is -0.497 e. The van der Waals surface area contributed by atoms with Crippen LogP contribution in [0.4, 0.5) is 0 Å². The molecule has 0 aromatic heterocycles. The number of carbonyl (C=O) groups is 2. The predicted octanol–water partition coefficient (Wildman–Crippen LogP) is 2.88. The summed E-state index contributed by atoms with van der Waals surface area (Å²) in [7, 11) is 1.64. The van der Waals surface area contributed by atoms with Gasteiger partial charge in [0.25, 0.3) is 0 Å². The largest absolute Gasteiger partial charge is 0.497 e. The zero-order chi connectivity index (χ0) is 18.2. The second-order valence-corrected chi connectivity index (χ2v) is 6.69. The summed E-state index contributed by atoms with van der Waals surface area (Å²) >= 11 is 0. The molecule has 2 rings (SSSR count). The van der Waals surface area contributed by atoms with Crippen LogP contribution in [0, 0.1) is 0 Å². The van der Waals surface area contributed by atoms with E-state index in [1.165, 1.54) is 13.3 Å². The molecule has 1 heterocycles. The normalized spacial score (nSPS) is 17.2. The van der Waals surface area contributed by atoms with Crippen LogP contribution in [0.1, 0.15) is 45.1 Å². The first-order chi connectivity index (χ1) is 12.0. The van der Waals surface area contributed by atoms with E-state index in [2.05, 4.69) is 6.92 Å². The van der Waals surface area contributed by atoms with Crippen molar-refractivity contribution in [3.05, 3.63) is 29.8 Å². The number of methoxy groups -OCH3 is 1. The highest BCUT2D eigenvalue weighted by Crippen LogP contribution is 2.20. The molecule has 1 aromatic carbocycles. The van der Waals surface area contributed by atoms with Crippen LogP contribution < -0.4 is 4.74 Å². The van der Waals surface area contributed by atoms with Crippen LogP contribution in [0.2, 0.25) is 0 Å². The molecule has 0 N–H and O–H groups in total. The van der Waals surface area contributed by atoms with Gasteiger partial charge in [-0.15, -0.1) is 0 Å². The monoisotopic (exact) mass is 346 g/mol. The lowest BCUT2D eigenvalue weighted by Gasteiger charge is -2.36. The number of amides is 2. The smallest absolute Gasteiger partial charge is 0.242 e. The first-order valence-electron chi connectivity index (χ1n) is 9.23. The van der Waals surface area contributed by atoms with Gasteiger partial charge < -0.3 is 14.5 Å². The van der Waals surface area contributed by atoms with Gasteiger partial charge in [-0.1, -0.05) is 19.1 Å². The molecular formula is C20H30N2O3. The van der Waals surface area contributed by atoms with Gasteiger partial charge in [0.1, 0.15) is 5.75 Å². The summed E-state index contributed by atoms with van der Waals surface area (Å²) in [6, 6.07) is 8.15. The fourth-order valence-corrected chi connectivity index (χ4v) is 3.45. The number of hydrogen-bond donors (Lipinski definition) is 0. The number of rotatable bonds is 7. The first-order valence-corrected chi connectivity index (χ1v) is 9.23. The van der Waals surface area contributed by atoms with E-state index in [1.54, 1.807) is 12.0 Å². The van der Waals surface area contributed by atoms with E-state index in [-0.39, 0.29) is 18.4 Å². The van der Waals surface area contributed by atoms with Crippen LogP contribution in [0.25, 0.3) is 0 Å². The lowest BCUT2D eigenvalue weighted by molar-refractivity contribution is -0.141. The Kier molecular flexibility index (Phi) is 7.29. The summed E-state index contributed by atoms with van der Waals surface area (Å²) in [6.07, 6.45) is 5.02. The molecule has 1 unspecified atom stereocenters. The van der Waals surface area contributed by atoms with Crippen molar-refractivity contribution in [3.8, 4) is 5.75 Å². The van der Waals surface area contributed by atoms with E-state index in [1.807, 2.05) is 29.2 Å². The Labute approximate surface area is 150 Å². The number of likely N-dealkylation sites (tertiary alicyclic amines) is 1. The second kappa shape index (κ2) is 9.44. The van der Waals surface area contributed by atoms with E-state index < -0.39 is 0 Å². The molecule has 5 heteroatoms. The molecule has 1 aliphatic rings. The number of nitrogens with zero attached hydrogens (tertiary/aromatic N) is 2. The molecule has 2 amide bonds. The van der Waals surface area contributed by atoms with Gasteiger partial charge in [0.2, 0.25) is 11.8 Å². The zero-order valence-electron chi connectivity index (χ0n) is 15.7. The Morgan fingerprint density at radius 3 is 2.80 bits per heavy atom. The van der Waals surface area contributed by atoms with Gasteiger partial charge in [0.15, 0.2) is 0 Å². The number of carbonyl (C=O) groups excluding carboxylic acids is 2. The van der Waals surface area contributed by atoms with Crippen molar-refractivity contribution in [1.29, 1.82) is 0 Å². The molecular weight excluding hydrogens is 316 g/mol. The summed E-state index contributed by atoms with van der Waals surface area (Å²) in [6.45, 7) is 5.20. The quantitative estimate of drug-likeness (QED) is 0.763.